The van der Waals surface area contributed by atoms with Crippen LogP contribution in [0.2, 0.25) is 0 Å². The van der Waals surface area contributed by atoms with Crippen molar-refractivity contribution in [1.29, 1.82) is 0 Å². The zero-order valence-electron chi connectivity index (χ0n) is 10.8. The highest BCUT2D eigenvalue weighted by Crippen LogP contribution is 2.21. The van der Waals surface area contributed by atoms with Gasteiger partial charge in [-0.3, -0.25) is 9.88 Å². The fourth-order valence-electron chi connectivity index (χ4n) is 2.54. The number of nitrogens with zero attached hydrogens (tertiary/aromatic N) is 2. The maximum absolute atomic E-state index is 9.87. The smallest absolute Gasteiger partial charge is 0.0592 e. The first-order chi connectivity index (χ1) is 8.20. The summed E-state index contributed by atoms with van der Waals surface area (Å²) in [5, 5.41) is 9.87. The van der Waals surface area contributed by atoms with Gasteiger partial charge in [0.1, 0.15) is 0 Å². The Balaban J connectivity index is 1.98. The summed E-state index contributed by atoms with van der Waals surface area (Å²) >= 11 is 0. The molecule has 0 aliphatic carbocycles. The van der Waals surface area contributed by atoms with E-state index in [1.165, 1.54) is 11.3 Å². The van der Waals surface area contributed by atoms with Crippen LogP contribution in [0.1, 0.15) is 31.0 Å². The van der Waals surface area contributed by atoms with E-state index < -0.39 is 0 Å². The number of aliphatic hydroxyl groups excluding tert-OH is 1. The van der Waals surface area contributed by atoms with Gasteiger partial charge in [0.2, 0.25) is 0 Å². The molecule has 1 aliphatic rings. The Kier molecular flexibility index (Phi) is 4.13. The van der Waals surface area contributed by atoms with Crippen LogP contribution in [0, 0.1) is 12.8 Å². The molecule has 0 spiro atoms. The van der Waals surface area contributed by atoms with Crippen molar-refractivity contribution in [1.82, 2.24) is 9.88 Å². The van der Waals surface area contributed by atoms with E-state index in [1.54, 1.807) is 0 Å². The Morgan fingerprint density at radius 1 is 1.53 bits per heavy atom. The molecule has 0 amide bonds. The second kappa shape index (κ2) is 5.61. The lowest BCUT2D eigenvalue weighted by Crippen LogP contribution is -2.42. The molecule has 2 rings (SSSR count). The number of aromatic nitrogens is 1. The van der Waals surface area contributed by atoms with Crippen LogP contribution in [-0.2, 0) is 6.54 Å². The van der Waals surface area contributed by atoms with Crippen LogP contribution in [-0.4, -0.2) is 34.2 Å². The number of pyridine rings is 1. The van der Waals surface area contributed by atoms with Crippen LogP contribution in [0.5, 0.6) is 0 Å². The Morgan fingerprint density at radius 2 is 2.35 bits per heavy atom. The maximum Gasteiger partial charge on any atom is 0.0592 e. The molecule has 0 aromatic carbocycles. The second-order valence-corrected chi connectivity index (χ2v) is 5.03. The van der Waals surface area contributed by atoms with E-state index in [4.69, 9.17) is 0 Å². The quantitative estimate of drug-likeness (QED) is 0.869. The van der Waals surface area contributed by atoms with Crippen molar-refractivity contribution >= 4 is 0 Å². The van der Waals surface area contributed by atoms with E-state index in [9.17, 15) is 5.11 Å². The molecule has 1 aromatic rings. The summed E-state index contributed by atoms with van der Waals surface area (Å²) in [5.41, 5.74) is 2.42. The van der Waals surface area contributed by atoms with Crippen LogP contribution in [0.25, 0.3) is 0 Å². The molecular formula is C14H22N2O. The first kappa shape index (κ1) is 12.5. The molecule has 1 aromatic heterocycles. The fraction of sp³-hybridized carbons (Fsp3) is 0.643. The van der Waals surface area contributed by atoms with E-state index in [1.807, 2.05) is 12.3 Å². The van der Waals surface area contributed by atoms with Gasteiger partial charge >= 0.3 is 0 Å². The Labute approximate surface area is 103 Å². The predicted octanol–water partition coefficient (Wildman–Crippen LogP) is 1.98. The summed E-state index contributed by atoms with van der Waals surface area (Å²) in [7, 11) is 0. The molecule has 2 atom stereocenters. The van der Waals surface area contributed by atoms with Gasteiger partial charge in [0.15, 0.2) is 0 Å². The minimum Gasteiger partial charge on any atom is -0.393 e. The minimum atomic E-state index is -0.110. The van der Waals surface area contributed by atoms with Crippen LogP contribution < -0.4 is 0 Å². The zero-order valence-corrected chi connectivity index (χ0v) is 10.8. The van der Waals surface area contributed by atoms with Gasteiger partial charge in [-0.25, -0.2) is 0 Å². The van der Waals surface area contributed by atoms with E-state index in [0.29, 0.717) is 5.92 Å². The van der Waals surface area contributed by atoms with Gasteiger partial charge in [0, 0.05) is 25.8 Å². The minimum absolute atomic E-state index is 0.110. The molecule has 1 fully saturated rings. The molecule has 94 valence electrons. The summed E-state index contributed by atoms with van der Waals surface area (Å²) in [4.78, 5) is 6.85. The molecule has 17 heavy (non-hydrogen) atoms. The van der Waals surface area contributed by atoms with Gasteiger partial charge in [0.25, 0.3) is 0 Å². The van der Waals surface area contributed by atoms with Crippen molar-refractivity contribution in [3.05, 3.63) is 29.6 Å². The van der Waals surface area contributed by atoms with Crippen molar-refractivity contribution < 1.29 is 5.11 Å². The third-order valence-electron chi connectivity index (χ3n) is 3.79. The first-order valence-electron chi connectivity index (χ1n) is 6.51. The number of aryl methyl sites for hydroxylation is 1. The van der Waals surface area contributed by atoms with Gasteiger partial charge < -0.3 is 5.11 Å². The molecule has 1 saturated heterocycles. The molecule has 2 unspecified atom stereocenters. The van der Waals surface area contributed by atoms with Gasteiger partial charge in [-0.15, -0.1) is 0 Å². The number of aliphatic hydroxyl groups is 1. The highest BCUT2D eigenvalue weighted by atomic mass is 16.3. The van der Waals surface area contributed by atoms with Crippen LogP contribution in [0.15, 0.2) is 18.3 Å². The van der Waals surface area contributed by atoms with Gasteiger partial charge in [0.05, 0.1) is 11.8 Å². The molecular weight excluding hydrogens is 212 g/mol. The summed E-state index contributed by atoms with van der Waals surface area (Å²) in [6.07, 6.45) is 3.70. The summed E-state index contributed by atoms with van der Waals surface area (Å²) in [6.45, 7) is 7.15. The fourth-order valence-corrected chi connectivity index (χ4v) is 2.54. The average Bonchev–Trinajstić information content (AvgIpc) is 2.34. The van der Waals surface area contributed by atoms with E-state index in [0.717, 1.165) is 32.5 Å². The lowest BCUT2D eigenvalue weighted by molar-refractivity contribution is 0.0217. The van der Waals surface area contributed by atoms with Crippen molar-refractivity contribution in [2.75, 3.05) is 13.1 Å². The largest absolute Gasteiger partial charge is 0.393 e. The molecule has 0 radical (unpaired) electrons. The van der Waals surface area contributed by atoms with Crippen LogP contribution in [0.3, 0.4) is 0 Å². The van der Waals surface area contributed by atoms with Crippen molar-refractivity contribution in [2.45, 2.75) is 39.3 Å². The number of likely N-dealkylation sites (tertiary alicyclic amines) is 1. The molecule has 2 heterocycles. The summed E-state index contributed by atoms with van der Waals surface area (Å²) in [5.74, 6) is 0.424. The number of hydrogen-bond donors (Lipinski definition) is 1. The second-order valence-electron chi connectivity index (χ2n) is 5.03. The molecule has 0 saturated carbocycles. The topological polar surface area (TPSA) is 36.4 Å². The van der Waals surface area contributed by atoms with E-state index >= 15 is 0 Å². The Morgan fingerprint density at radius 3 is 3.06 bits per heavy atom. The standard InChI is InChI=1S/C14H22N2O/c1-3-12-9-16(8-6-14(12)17)10-13-11(2)5-4-7-15-13/h4-5,7,12,14,17H,3,6,8-10H2,1-2H3. The lowest BCUT2D eigenvalue weighted by Gasteiger charge is -2.35. The van der Waals surface area contributed by atoms with Crippen molar-refractivity contribution in [2.24, 2.45) is 5.92 Å². The zero-order chi connectivity index (χ0) is 12.3. The lowest BCUT2D eigenvalue weighted by atomic mass is 9.92. The molecule has 3 heteroatoms. The third-order valence-corrected chi connectivity index (χ3v) is 3.79. The average molecular weight is 234 g/mol. The highest BCUT2D eigenvalue weighted by Gasteiger charge is 2.26. The molecule has 1 N–H and O–H groups in total. The Bertz CT molecular complexity index is 367. The number of rotatable bonds is 3. The normalized spacial score (nSPS) is 26.1. The molecule has 1 aliphatic heterocycles. The monoisotopic (exact) mass is 234 g/mol. The van der Waals surface area contributed by atoms with E-state index in [2.05, 4.69) is 29.8 Å². The molecule has 3 nitrogen and oxygen atoms in total. The van der Waals surface area contributed by atoms with Crippen LogP contribution in [0.4, 0.5) is 0 Å². The number of piperidine rings is 1. The van der Waals surface area contributed by atoms with Crippen LogP contribution >= 0.6 is 0 Å². The first-order valence-corrected chi connectivity index (χ1v) is 6.51. The van der Waals surface area contributed by atoms with Gasteiger partial charge in [-0.2, -0.15) is 0 Å². The summed E-state index contributed by atoms with van der Waals surface area (Å²) < 4.78 is 0. The van der Waals surface area contributed by atoms with Gasteiger partial charge in [-0.05, 0) is 37.3 Å². The predicted molar refractivity (Wildman–Crippen MR) is 68.7 cm³/mol. The Hall–Kier alpha value is -0.930. The maximum atomic E-state index is 9.87. The third kappa shape index (κ3) is 3.05. The van der Waals surface area contributed by atoms with Crippen molar-refractivity contribution in [3.8, 4) is 0 Å². The summed E-state index contributed by atoms with van der Waals surface area (Å²) in [6, 6.07) is 4.09. The van der Waals surface area contributed by atoms with E-state index in [-0.39, 0.29) is 6.10 Å². The van der Waals surface area contributed by atoms with Crippen molar-refractivity contribution in [3.63, 3.8) is 0 Å². The van der Waals surface area contributed by atoms with Gasteiger partial charge in [-0.1, -0.05) is 13.0 Å². The SMILES string of the molecule is CCC1CN(Cc2ncccc2C)CCC1O. The number of hydrogen-bond acceptors (Lipinski definition) is 3. The molecule has 0 bridgehead atoms. The highest BCUT2D eigenvalue weighted by molar-refractivity contribution is 5.17.